The fourth-order valence-electron chi connectivity index (χ4n) is 3.83. The number of rotatable bonds is 1. The molecule has 0 fully saturated rings. The van der Waals surface area contributed by atoms with E-state index < -0.39 is 27.7 Å². The van der Waals surface area contributed by atoms with E-state index in [0.717, 1.165) is 11.3 Å². The minimum atomic E-state index is -5.19. The van der Waals surface area contributed by atoms with Crippen LogP contribution in [0.1, 0.15) is 30.2 Å². The number of aliphatic carboxylic acids is 1. The van der Waals surface area contributed by atoms with Gasteiger partial charge in [0, 0.05) is 38.0 Å². The van der Waals surface area contributed by atoms with Crippen LogP contribution in [0, 0.1) is 11.3 Å². The predicted octanol–water partition coefficient (Wildman–Crippen LogP) is 2.05. The number of alkyl halides is 3. The van der Waals surface area contributed by atoms with Crippen LogP contribution >= 0.6 is 0 Å². The number of hydrogen-bond donors (Lipinski definition) is 2. The molecule has 0 aliphatic carbocycles. The minimum Gasteiger partial charge on any atom is -0.542 e. The summed E-state index contributed by atoms with van der Waals surface area (Å²) in [5.74, 6) is -2.79. The number of carboxylic acids is 1. The minimum absolute atomic E-state index is 0.00998. The second-order valence-electron chi connectivity index (χ2n) is 8.51. The third-order valence-electron chi connectivity index (χ3n) is 5.74. The molecule has 2 N–H and O–H groups in total. The molecular weight excluding hydrogens is 541 g/mol. The van der Waals surface area contributed by atoms with Crippen LogP contribution in [0.3, 0.4) is 0 Å². The van der Waals surface area contributed by atoms with E-state index in [1.54, 1.807) is 30.3 Å². The average molecular weight is 564 g/mol. The molecule has 39 heavy (non-hydrogen) atoms. The molecule has 4 rings (SSSR count). The van der Waals surface area contributed by atoms with Crippen molar-refractivity contribution < 1.29 is 41.0 Å². The fourth-order valence-corrected chi connectivity index (χ4v) is 4.90. The molecule has 10 nitrogen and oxygen atoms in total. The lowest BCUT2D eigenvalue weighted by atomic mass is 9.87. The fraction of sp³-hybridized carbons (Fsp3) is 0.240. The molecule has 3 aromatic rings. The van der Waals surface area contributed by atoms with E-state index in [1.807, 2.05) is 36.9 Å². The first kappa shape index (κ1) is 29.2. The van der Waals surface area contributed by atoms with Gasteiger partial charge in [-0.2, -0.15) is 18.4 Å². The van der Waals surface area contributed by atoms with Crippen molar-refractivity contribution in [2.75, 3.05) is 6.54 Å². The Morgan fingerprint density at radius 3 is 2.46 bits per heavy atom. The number of fused-ring (bicyclic) bond motifs is 4. The SMILES string of the molecule is Cn1cccc1C1(C)NC(=O)CCNS(=O)(=O)c2cccc(c2)Oc2cc1ccc2C#N.O=C([O-])C(F)(F)F. The highest BCUT2D eigenvalue weighted by molar-refractivity contribution is 7.89. The van der Waals surface area contributed by atoms with Gasteiger partial charge in [0.1, 0.15) is 29.1 Å². The number of nitrogens with one attached hydrogen (secondary N) is 2. The lowest BCUT2D eigenvalue weighted by molar-refractivity contribution is -0.344. The van der Waals surface area contributed by atoms with Crippen molar-refractivity contribution >= 4 is 21.9 Å². The van der Waals surface area contributed by atoms with Gasteiger partial charge in [-0.15, -0.1) is 0 Å². The number of nitriles is 1. The first-order valence-corrected chi connectivity index (χ1v) is 12.7. The first-order valence-electron chi connectivity index (χ1n) is 11.2. The highest BCUT2D eigenvalue weighted by Crippen LogP contribution is 2.35. The van der Waals surface area contributed by atoms with E-state index >= 15 is 0 Å². The molecular formula is C25H22F3N4O6S-. The van der Waals surface area contributed by atoms with Gasteiger partial charge in [-0.3, -0.25) is 4.79 Å². The smallest absolute Gasteiger partial charge is 0.430 e. The molecule has 1 amide bonds. The summed E-state index contributed by atoms with van der Waals surface area (Å²) in [7, 11) is -1.96. The van der Waals surface area contributed by atoms with Gasteiger partial charge in [-0.1, -0.05) is 12.1 Å². The lowest BCUT2D eigenvalue weighted by Gasteiger charge is -2.33. The van der Waals surface area contributed by atoms with Crippen LogP contribution in [0.15, 0.2) is 65.7 Å². The zero-order chi connectivity index (χ0) is 29.0. The number of sulfonamides is 1. The third-order valence-corrected chi connectivity index (χ3v) is 7.20. The van der Waals surface area contributed by atoms with Gasteiger partial charge in [-0.25, -0.2) is 13.1 Å². The van der Waals surface area contributed by atoms with E-state index in [2.05, 4.69) is 16.1 Å². The van der Waals surface area contributed by atoms with Gasteiger partial charge in [-0.05, 0) is 48.9 Å². The van der Waals surface area contributed by atoms with Gasteiger partial charge in [0.15, 0.2) is 0 Å². The number of carboxylic acid groups (broad SMARTS) is 1. The molecule has 0 spiro atoms. The number of amides is 1. The zero-order valence-electron chi connectivity index (χ0n) is 20.6. The number of carbonyl (C=O) groups excluding carboxylic acids is 2. The van der Waals surface area contributed by atoms with Crippen molar-refractivity contribution in [3.8, 4) is 17.6 Å². The molecule has 2 aromatic carbocycles. The summed E-state index contributed by atoms with van der Waals surface area (Å²) in [6.07, 6.45) is -3.36. The third kappa shape index (κ3) is 6.75. The van der Waals surface area contributed by atoms with Crippen LogP contribution in [0.4, 0.5) is 13.2 Å². The van der Waals surface area contributed by atoms with E-state index in [4.69, 9.17) is 14.6 Å². The largest absolute Gasteiger partial charge is 0.542 e. The summed E-state index contributed by atoms with van der Waals surface area (Å²) < 4.78 is 67.1. The number of hydrogen-bond acceptors (Lipinski definition) is 7. The molecule has 2 heterocycles. The number of halogens is 3. The number of aryl methyl sites for hydroxylation is 1. The molecule has 1 unspecified atom stereocenters. The molecule has 14 heteroatoms. The van der Waals surface area contributed by atoms with Gasteiger partial charge in [0.05, 0.1) is 10.5 Å². The number of nitrogens with zero attached hydrogens (tertiary/aromatic N) is 2. The monoisotopic (exact) mass is 563 g/mol. The topological polar surface area (TPSA) is 153 Å². The summed E-state index contributed by atoms with van der Waals surface area (Å²) in [4.78, 5) is 21.6. The Bertz CT molecular complexity index is 1550. The second-order valence-corrected chi connectivity index (χ2v) is 10.3. The molecule has 1 atom stereocenters. The summed E-state index contributed by atoms with van der Waals surface area (Å²) in [6, 6.07) is 17.0. The van der Waals surface area contributed by atoms with Gasteiger partial charge in [0.25, 0.3) is 0 Å². The number of ether oxygens (including phenoxy) is 1. The van der Waals surface area contributed by atoms with Crippen molar-refractivity contribution in [3.63, 3.8) is 0 Å². The number of aromatic nitrogens is 1. The average Bonchev–Trinajstić information content (AvgIpc) is 3.30. The Morgan fingerprint density at radius 2 is 1.87 bits per heavy atom. The molecule has 0 radical (unpaired) electrons. The number of benzene rings is 2. The van der Waals surface area contributed by atoms with E-state index in [-0.39, 0.29) is 40.8 Å². The van der Waals surface area contributed by atoms with Crippen molar-refractivity contribution in [2.45, 2.75) is 30.0 Å². The van der Waals surface area contributed by atoms with Gasteiger partial charge < -0.3 is 24.5 Å². The predicted molar refractivity (Wildman–Crippen MR) is 129 cm³/mol. The van der Waals surface area contributed by atoms with Crippen molar-refractivity contribution in [2.24, 2.45) is 7.05 Å². The Labute approximate surface area is 221 Å². The molecule has 0 saturated carbocycles. The molecule has 1 aliphatic heterocycles. The van der Waals surface area contributed by atoms with Gasteiger partial charge in [0.2, 0.25) is 15.9 Å². The first-order chi connectivity index (χ1) is 18.2. The standard InChI is InChI=1S/C23H22N4O4S.C2HF3O2/c1-23(21-7-4-12-27(21)2)17-9-8-16(15-24)20(13-17)31-18-5-3-6-19(14-18)32(29,30)25-11-10-22(28)26-23;3-2(4,5)1(6)7/h3-9,12-14,25H,10-11H2,1-2H3,(H,26,28);(H,6,7)/p-1. The summed E-state index contributed by atoms with van der Waals surface area (Å²) >= 11 is 0. The van der Waals surface area contributed by atoms with E-state index in [1.165, 1.54) is 12.1 Å². The van der Waals surface area contributed by atoms with Crippen molar-refractivity contribution in [1.82, 2.24) is 14.6 Å². The summed E-state index contributed by atoms with van der Waals surface area (Å²) in [5.41, 5.74) is 0.867. The van der Waals surface area contributed by atoms with Crippen LogP contribution in [-0.2, 0) is 32.2 Å². The highest BCUT2D eigenvalue weighted by atomic mass is 32.2. The molecule has 1 aromatic heterocycles. The van der Waals surface area contributed by atoms with Crippen molar-refractivity contribution in [3.05, 3.63) is 77.6 Å². The van der Waals surface area contributed by atoms with Gasteiger partial charge >= 0.3 is 6.18 Å². The quantitative estimate of drug-likeness (QED) is 0.460. The van der Waals surface area contributed by atoms with Crippen molar-refractivity contribution in [1.29, 1.82) is 5.26 Å². The summed E-state index contributed by atoms with van der Waals surface area (Å²) in [6.45, 7) is 1.81. The Balaban J connectivity index is 0.000000532. The van der Waals surface area contributed by atoms with Crippen LogP contribution in [-0.4, -0.2) is 37.6 Å². The maximum Gasteiger partial charge on any atom is 0.430 e. The lowest BCUT2D eigenvalue weighted by Crippen LogP contribution is -2.46. The maximum absolute atomic E-state index is 12.8. The maximum atomic E-state index is 12.8. The molecule has 0 saturated heterocycles. The molecule has 4 bridgehead atoms. The van der Waals surface area contributed by atoms with Crippen LogP contribution in [0.5, 0.6) is 11.5 Å². The molecule has 1 aliphatic rings. The van der Waals surface area contributed by atoms with E-state index in [9.17, 15) is 31.6 Å². The van der Waals surface area contributed by atoms with Crippen LogP contribution in [0.25, 0.3) is 0 Å². The number of carbonyl (C=O) groups is 2. The Morgan fingerprint density at radius 1 is 1.18 bits per heavy atom. The summed E-state index contributed by atoms with van der Waals surface area (Å²) in [5, 5.41) is 21.4. The Kier molecular flexibility index (Phi) is 8.37. The highest BCUT2D eigenvalue weighted by Gasteiger charge is 2.34. The zero-order valence-corrected chi connectivity index (χ0v) is 21.4. The van der Waals surface area contributed by atoms with Crippen LogP contribution in [0.2, 0.25) is 0 Å². The van der Waals surface area contributed by atoms with Crippen LogP contribution < -0.4 is 19.9 Å². The van der Waals surface area contributed by atoms with E-state index in [0.29, 0.717) is 0 Å². The normalized spacial score (nSPS) is 18.7. The molecule has 206 valence electrons. The second kappa shape index (κ2) is 11.2. The Hall–Kier alpha value is -4.35.